The summed E-state index contributed by atoms with van der Waals surface area (Å²) in [6.45, 7) is 2.07. The van der Waals surface area contributed by atoms with E-state index >= 15 is 0 Å². The maximum atomic E-state index is 5.98. The van der Waals surface area contributed by atoms with Gasteiger partial charge in [-0.25, -0.2) is 0 Å². The van der Waals surface area contributed by atoms with Gasteiger partial charge in [0.05, 0.1) is 0 Å². The standard InChI is InChI=1S/C24H28N2/c1-15-9-21(7-8-22(15)25)26(2)20-5-3-17(4-6-20)23-12-16-10-18-11-19(14-23)24(18,23)13-16/h3-9,16,18-19H,10-14,25H2,1-2H3. The van der Waals surface area contributed by atoms with Crippen LogP contribution < -0.4 is 10.6 Å². The number of nitrogen functional groups attached to an aromatic ring is 1. The number of nitrogens with zero attached hydrogens (tertiary/aromatic N) is 1. The Balaban J connectivity index is 1.31. The van der Waals surface area contributed by atoms with Crippen LogP contribution >= 0.6 is 0 Å². The summed E-state index contributed by atoms with van der Waals surface area (Å²) in [5, 5.41) is 0. The van der Waals surface area contributed by atoms with Crippen molar-refractivity contribution in [2.24, 2.45) is 23.2 Å². The summed E-state index contributed by atoms with van der Waals surface area (Å²) >= 11 is 0. The van der Waals surface area contributed by atoms with Gasteiger partial charge in [-0.3, -0.25) is 0 Å². The smallest absolute Gasteiger partial charge is 0.0412 e. The second kappa shape index (κ2) is 4.65. The molecule has 4 aliphatic rings. The van der Waals surface area contributed by atoms with Gasteiger partial charge < -0.3 is 10.6 Å². The highest BCUT2D eigenvalue weighted by Gasteiger charge is 2.80. The van der Waals surface area contributed by atoms with Crippen LogP contribution in [0.15, 0.2) is 42.5 Å². The van der Waals surface area contributed by atoms with Crippen molar-refractivity contribution < 1.29 is 0 Å². The van der Waals surface area contributed by atoms with Crippen LogP contribution in [-0.4, -0.2) is 7.05 Å². The van der Waals surface area contributed by atoms with Gasteiger partial charge in [0.15, 0.2) is 0 Å². The summed E-state index contributed by atoms with van der Waals surface area (Å²) in [7, 11) is 2.15. The van der Waals surface area contributed by atoms with Crippen molar-refractivity contribution >= 4 is 17.1 Å². The minimum atomic E-state index is 0.540. The molecule has 2 heteroatoms. The molecule has 134 valence electrons. The Kier molecular flexibility index (Phi) is 2.71. The first-order valence-electron chi connectivity index (χ1n) is 10.2. The fourth-order valence-corrected chi connectivity index (χ4v) is 7.71. The van der Waals surface area contributed by atoms with E-state index in [1.54, 1.807) is 5.56 Å². The van der Waals surface area contributed by atoms with Crippen LogP contribution in [0.2, 0.25) is 0 Å². The van der Waals surface area contributed by atoms with Crippen molar-refractivity contribution in [2.45, 2.75) is 44.4 Å². The molecule has 2 bridgehead atoms. The summed E-state index contributed by atoms with van der Waals surface area (Å²) < 4.78 is 0. The van der Waals surface area contributed by atoms with E-state index < -0.39 is 0 Å². The SMILES string of the molecule is Cc1cc(N(C)c2ccc(C34CC5CC6CC(C3)C64C5)cc2)ccc1N. The van der Waals surface area contributed by atoms with E-state index in [1.807, 2.05) is 6.07 Å². The third-order valence-corrected chi connectivity index (χ3v) is 8.84. The molecule has 2 N–H and O–H groups in total. The summed E-state index contributed by atoms with van der Waals surface area (Å²) in [5.74, 6) is 3.13. The van der Waals surface area contributed by atoms with Crippen molar-refractivity contribution in [3.8, 4) is 0 Å². The fraction of sp³-hybridized carbons (Fsp3) is 0.500. The average molecular weight is 345 g/mol. The molecule has 4 fully saturated rings. The molecule has 0 radical (unpaired) electrons. The molecule has 0 aliphatic heterocycles. The first-order chi connectivity index (χ1) is 12.5. The quantitative estimate of drug-likeness (QED) is 0.753. The lowest BCUT2D eigenvalue weighted by atomic mass is 9.31. The van der Waals surface area contributed by atoms with E-state index in [0.29, 0.717) is 5.41 Å². The molecule has 0 saturated heterocycles. The van der Waals surface area contributed by atoms with Crippen LogP contribution in [0, 0.1) is 30.1 Å². The second-order valence-corrected chi connectivity index (χ2v) is 9.61. The highest BCUT2D eigenvalue weighted by Crippen LogP contribution is 2.86. The number of benzene rings is 2. The molecule has 0 amide bonds. The first-order valence-corrected chi connectivity index (χ1v) is 10.2. The van der Waals surface area contributed by atoms with Gasteiger partial charge in [0, 0.05) is 29.5 Å². The van der Waals surface area contributed by atoms with Gasteiger partial charge in [0.2, 0.25) is 0 Å². The molecule has 5 atom stereocenters. The highest BCUT2D eigenvalue weighted by molar-refractivity contribution is 5.66. The average Bonchev–Trinajstić information content (AvgIpc) is 3.13. The third-order valence-electron chi connectivity index (χ3n) is 8.84. The Morgan fingerprint density at radius 3 is 2.38 bits per heavy atom. The monoisotopic (exact) mass is 344 g/mol. The van der Waals surface area contributed by atoms with E-state index in [2.05, 4.69) is 55.3 Å². The molecule has 26 heavy (non-hydrogen) atoms. The van der Waals surface area contributed by atoms with Gasteiger partial charge in [-0.2, -0.15) is 0 Å². The Hall–Kier alpha value is -1.96. The van der Waals surface area contributed by atoms with Crippen LogP contribution in [-0.2, 0) is 5.41 Å². The third kappa shape index (κ3) is 1.56. The molecule has 0 heterocycles. The van der Waals surface area contributed by atoms with E-state index in [1.165, 1.54) is 43.5 Å². The number of hydrogen-bond donors (Lipinski definition) is 1. The summed E-state index contributed by atoms with van der Waals surface area (Å²) in [6, 6.07) is 15.8. The molecular formula is C24H28N2. The van der Waals surface area contributed by atoms with Crippen molar-refractivity contribution in [1.29, 1.82) is 0 Å². The van der Waals surface area contributed by atoms with Crippen molar-refractivity contribution in [2.75, 3.05) is 17.7 Å². The molecule has 4 aliphatic carbocycles. The molecule has 2 nitrogen and oxygen atoms in total. The first kappa shape index (κ1) is 15.1. The Bertz CT molecular complexity index is 901. The molecular weight excluding hydrogens is 316 g/mol. The number of fused-ring (bicyclic) bond motifs is 1. The fourth-order valence-electron chi connectivity index (χ4n) is 7.71. The molecule has 1 spiro atoms. The summed E-state index contributed by atoms with van der Waals surface area (Å²) in [5.41, 5.74) is 13.3. The van der Waals surface area contributed by atoms with Crippen LogP contribution in [0.4, 0.5) is 17.1 Å². The largest absolute Gasteiger partial charge is 0.399 e. The minimum absolute atomic E-state index is 0.540. The maximum absolute atomic E-state index is 5.98. The molecule has 0 aromatic heterocycles. The van der Waals surface area contributed by atoms with Crippen molar-refractivity contribution in [3.05, 3.63) is 53.6 Å². The van der Waals surface area contributed by atoms with Crippen LogP contribution in [0.25, 0.3) is 0 Å². The van der Waals surface area contributed by atoms with Crippen LogP contribution in [0.1, 0.15) is 43.2 Å². The second-order valence-electron chi connectivity index (χ2n) is 9.61. The molecule has 5 unspecified atom stereocenters. The van der Waals surface area contributed by atoms with E-state index in [9.17, 15) is 0 Å². The Morgan fingerprint density at radius 2 is 1.69 bits per heavy atom. The lowest BCUT2D eigenvalue weighted by Crippen LogP contribution is -2.68. The lowest BCUT2D eigenvalue weighted by Gasteiger charge is -2.73. The van der Waals surface area contributed by atoms with Crippen molar-refractivity contribution in [3.63, 3.8) is 0 Å². The predicted molar refractivity (Wildman–Crippen MR) is 108 cm³/mol. The number of anilines is 3. The topological polar surface area (TPSA) is 29.3 Å². The lowest BCUT2D eigenvalue weighted by molar-refractivity contribution is -0.198. The van der Waals surface area contributed by atoms with Gasteiger partial charge >= 0.3 is 0 Å². The zero-order chi connectivity index (χ0) is 17.7. The van der Waals surface area contributed by atoms with Gasteiger partial charge in [-0.15, -0.1) is 0 Å². The van der Waals surface area contributed by atoms with E-state index in [4.69, 9.17) is 5.73 Å². The van der Waals surface area contributed by atoms with E-state index in [0.717, 1.165) is 34.4 Å². The minimum Gasteiger partial charge on any atom is -0.399 e. The zero-order valence-electron chi connectivity index (χ0n) is 15.8. The van der Waals surface area contributed by atoms with Gasteiger partial charge in [-0.1, -0.05) is 12.1 Å². The molecule has 2 aromatic rings. The number of nitrogens with two attached hydrogens (primary N) is 1. The van der Waals surface area contributed by atoms with Crippen molar-refractivity contribution in [1.82, 2.24) is 0 Å². The normalized spacial score (nSPS) is 38.5. The number of rotatable bonds is 3. The van der Waals surface area contributed by atoms with E-state index in [-0.39, 0.29) is 0 Å². The number of aryl methyl sites for hydroxylation is 1. The predicted octanol–water partition coefficient (Wildman–Crippen LogP) is 5.42. The summed E-state index contributed by atoms with van der Waals surface area (Å²) in [6.07, 6.45) is 7.54. The summed E-state index contributed by atoms with van der Waals surface area (Å²) in [4.78, 5) is 2.27. The number of hydrogen-bond acceptors (Lipinski definition) is 2. The molecule has 6 rings (SSSR count). The van der Waals surface area contributed by atoms with Crippen LogP contribution in [0.5, 0.6) is 0 Å². The van der Waals surface area contributed by atoms with Gasteiger partial charge in [-0.05, 0) is 104 Å². The maximum Gasteiger partial charge on any atom is 0.0412 e. The molecule has 4 saturated carbocycles. The van der Waals surface area contributed by atoms with Crippen LogP contribution in [0.3, 0.4) is 0 Å². The molecule has 2 aromatic carbocycles. The van der Waals surface area contributed by atoms with Gasteiger partial charge in [0.25, 0.3) is 0 Å². The zero-order valence-corrected chi connectivity index (χ0v) is 15.8. The Morgan fingerprint density at radius 1 is 0.923 bits per heavy atom. The van der Waals surface area contributed by atoms with Gasteiger partial charge in [0.1, 0.15) is 0 Å². The Labute approximate surface area is 156 Å². The highest BCUT2D eigenvalue weighted by atomic mass is 15.1.